The zero-order valence-corrected chi connectivity index (χ0v) is 15.9. The molecule has 24 heavy (non-hydrogen) atoms. The van der Waals surface area contributed by atoms with Gasteiger partial charge in [0.2, 0.25) is 0 Å². The van der Waals surface area contributed by atoms with Crippen LogP contribution in [0.2, 0.25) is 0 Å². The molecule has 0 aromatic heterocycles. The lowest BCUT2D eigenvalue weighted by molar-refractivity contribution is 0.00578. The second-order valence-electron chi connectivity index (χ2n) is 8.79. The van der Waals surface area contributed by atoms with Gasteiger partial charge in [-0.2, -0.15) is 0 Å². The largest absolute Gasteiger partial charge is 0.502 e. The van der Waals surface area contributed by atoms with Gasteiger partial charge in [-0.1, -0.05) is 6.07 Å². The van der Waals surface area contributed by atoms with Crippen LogP contribution in [0.25, 0.3) is 0 Å². The molecule has 3 rings (SSSR count). The van der Waals surface area contributed by atoms with Gasteiger partial charge in [0.05, 0.1) is 22.8 Å². The zero-order valence-electron chi connectivity index (χ0n) is 15.9. The first kappa shape index (κ1) is 17.6. The lowest BCUT2D eigenvalue weighted by Crippen LogP contribution is -2.41. The maximum Gasteiger partial charge on any atom is 0.502 e. The van der Waals surface area contributed by atoms with Crippen LogP contribution in [0.4, 0.5) is 0 Å². The molecule has 0 radical (unpaired) electrons. The molecule has 1 aliphatic carbocycles. The van der Waals surface area contributed by atoms with Gasteiger partial charge >= 0.3 is 7.12 Å². The van der Waals surface area contributed by atoms with Crippen molar-refractivity contribution in [1.82, 2.24) is 0 Å². The quantitative estimate of drug-likeness (QED) is 0.788. The van der Waals surface area contributed by atoms with Crippen LogP contribution in [-0.4, -0.2) is 30.0 Å². The van der Waals surface area contributed by atoms with Crippen LogP contribution in [0, 0.1) is 0 Å². The molecular formula is C19H29BO4. The summed E-state index contributed by atoms with van der Waals surface area (Å²) in [7, 11) is -0.498. The van der Waals surface area contributed by atoms with Crippen molar-refractivity contribution in [2.24, 2.45) is 0 Å². The summed E-state index contributed by atoms with van der Waals surface area (Å²) >= 11 is 0. The Balaban J connectivity index is 2.00. The summed E-state index contributed by atoms with van der Waals surface area (Å²) < 4.78 is 24.8. The van der Waals surface area contributed by atoms with Crippen molar-refractivity contribution in [2.45, 2.75) is 84.2 Å². The molecule has 1 heterocycles. The molecule has 0 amide bonds. The van der Waals surface area contributed by atoms with Gasteiger partial charge in [0, 0.05) is 0 Å². The number of rotatable bonds is 4. The summed E-state index contributed by atoms with van der Waals surface area (Å²) in [5.74, 6) is 1.57. The molecular weight excluding hydrogens is 303 g/mol. The topological polar surface area (TPSA) is 36.9 Å². The summed E-state index contributed by atoms with van der Waals surface area (Å²) in [4.78, 5) is 0. The fourth-order valence-corrected chi connectivity index (χ4v) is 2.60. The Morgan fingerprint density at radius 2 is 1.54 bits per heavy atom. The van der Waals surface area contributed by atoms with Gasteiger partial charge < -0.3 is 18.8 Å². The highest BCUT2D eigenvalue weighted by atomic mass is 16.7. The van der Waals surface area contributed by atoms with Gasteiger partial charge in [-0.05, 0) is 73.4 Å². The van der Waals surface area contributed by atoms with Crippen molar-refractivity contribution in [3.63, 3.8) is 0 Å². The van der Waals surface area contributed by atoms with Crippen LogP contribution in [-0.2, 0) is 9.31 Å². The first-order valence-electron chi connectivity index (χ1n) is 8.83. The molecule has 4 nitrogen and oxygen atoms in total. The maximum absolute atomic E-state index is 6.27. The molecule has 5 heteroatoms. The van der Waals surface area contributed by atoms with E-state index in [0.717, 1.165) is 29.8 Å². The number of hydrogen-bond donors (Lipinski definition) is 0. The Morgan fingerprint density at radius 3 is 2.04 bits per heavy atom. The van der Waals surface area contributed by atoms with Crippen molar-refractivity contribution in [1.29, 1.82) is 0 Å². The third-order valence-electron chi connectivity index (χ3n) is 4.75. The molecule has 2 aliphatic rings. The maximum atomic E-state index is 6.27. The van der Waals surface area contributed by atoms with E-state index in [-0.39, 0.29) is 5.60 Å². The molecule has 132 valence electrons. The van der Waals surface area contributed by atoms with Crippen LogP contribution in [0.15, 0.2) is 18.2 Å². The van der Waals surface area contributed by atoms with Crippen molar-refractivity contribution in [3.05, 3.63) is 18.2 Å². The molecule has 1 aromatic carbocycles. The minimum absolute atomic E-state index is 0.302. The smallest absolute Gasteiger partial charge is 0.491 e. The van der Waals surface area contributed by atoms with Gasteiger partial charge in [-0.25, -0.2) is 0 Å². The van der Waals surface area contributed by atoms with Gasteiger partial charge in [-0.15, -0.1) is 0 Å². The highest BCUT2D eigenvalue weighted by Gasteiger charge is 2.53. The second kappa shape index (κ2) is 5.67. The fourth-order valence-electron chi connectivity index (χ4n) is 2.60. The van der Waals surface area contributed by atoms with Crippen LogP contribution in [0.1, 0.15) is 61.3 Å². The van der Waals surface area contributed by atoms with E-state index in [1.54, 1.807) is 0 Å². The van der Waals surface area contributed by atoms with Crippen LogP contribution in [0.5, 0.6) is 11.5 Å². The lowest BCUT2D eigenvalue weighted by atomic mass is 9.77. The Kier molecular flexibility index (Phi) is 4.16. The standard InChI is InChI=1S/C19H29BO4/c1-17(2,3)22-15-10-8-9-14(21-13-11-12-13)16(15)20-23-18(4,5)19(6,7)24-20/h8-10,13H,11-12H2,1-7H3. The van der Waals surface area contributed by atoms with Crippen LogP contribution >= 0.6 is 0 Å². The second-order valence-corrected chi connectivity index (χ2v) is 8.79. The van der Waals surface area contributed by atoms with Crippen LogP contribution in [0.3, 0.4) is 0 Å². The summed E-state index contributed by atoms with van der Waals surface area (Å²) in [6.07, 6.45) is 2.51. The summed E-state index contributed by atoms with van der Waals surface area (Å²) in [6.45, 7) is 14.3. The van der Waals surface area contributed by atoms with E-state index >= 15 is 0 Å². The van der Waals surface area contributed by atoms with E-state index in [1.807, 2.05) is 39.0 Å². The number of hydrogen-bond acceptors (Lipinski definition) is 4. The third-order valence-corrected chi connectivity index (χ3v) is 4.75. The Labute approximate surface area is 146 Å². The highest BCUT2D eigenvalue weighted by Crippen LogP contribution is 2.39. The molecule has 1 saturated heterocycles. The van der Waals surface area contributed by atoms with Crippen molar-refractivity contribution < 1.29 is 18.8 Å². The Bertz CT molecular complexity index is 598. The number of ether oxygens (including phenoxy) is 2. The monoisotopic (exact) mass is 332 g/mol. The SMILES string of the molecule is CC(C)(C)Oc1cccc(OC2CC2)c1B1OC(C)(C)C(C)(C)O1. The predicted molar refractivity (Wildman–Crippen MR) is 96.2 cm³/mol. The minimum atomic E-state index is -0.498. The van der Waals surface area contributed by atoms with E-state index in [1.165, 1.54) is 0 Å². The third kappa shape index (κ3) is 3.57. The van der Waals surface area contributed by atoms with Gasteiger partial charge in [-0.3, -0.25) is 0 Å². The Hall–Kier alpha value is -1.20. The average molecular weight is 332 g/mol. The molecule has 2 fully saturated rings. The van der Waals surface area contributed by atoms with Crippen LogP contribution < -0.4 is 14.9 Å². The van der Waals surface area contributed by atoms with Gasteiger partial charge in [0.1, 0.15) is 17.1 Å². The van der Waals surface area contributed by atoms with E-state index in [2.05, 4.69) is 27.7 Å². The van der Waals surface area contributed by atoms with Crippen molar-refractivity contribution in [2.75, 3.05) is 0 Å². The molecule has 0 atom stereocenters. The Morgan fingerprint density at radius 1 is 1.00 bits per heavy atom. The molecule has 0 unspecified atom stereocenters. The van der Waals surface area contributed by atoms with E-state index in [4.69, 9.17) is 18.8 Å². The van der Waals surface area contributed by atoms with Crippen molar-refractivity contribution >= 4 is 12.6 Å². The summed E-state index contributed by atoms with van der Waals surface area (Å²) in [5, 5.41) is 0. The fraction of sp³-hybridized carbons (Fsp3) is 0.684. The highest BCUT2D eigenvalue weighted by molar-refractivity contribution is 6.64. The van der Waals surface area contributed by atoms with E-state index in [9.17, 15) is 0 Å². The molecule has 1 aliphatic heterocycles. The van der Waals surface area contributed by atoms with Gasteiger partial charge in [0.15, 0.2) is 0 Å². The molecule has 0 spiro atoms. The summed E-state index contributed by atoms with van der Waals surface area (Å²) in [5.41, 5.74) is -0.249. The summed E-state index contributed by atoms with van der Waals surface area (Å²) in [6, 6.07) is 5.91. The van der Waals surface area contributed by atoms with Gasteiger partial charge in [0.25, 0.3) is 0 Å². The number of benzene rings is 1. The minimum Gasteiger partial charge on any atom is -0.491 e. The van der Waals surface area contributed by atoms with E-state index < -0.39 is 18.3 Å². The molecule has 1 saturated carbocycles. The average Bonchev–Trinajstić information content (AvgIpc) is 3.15. The normalized spacial score (nSPS) is 22.5. The first-order valence-corrected chi connectivity index (χ1v) is 8.83. The predicted octanol–water partition coefficient (Wildman–Crippen LogP) is 3.70. The molecule has 1 aromatic rings. The zero-order chi connectivity index (χ0) is 17.8. The molecule has 0 N–H and O–H groups in total. The molecule has 0 bridgehead atoms. The van der Waals surface area contributed by atoms with Crippen molar-refractivity contribution in [3.8, 4) is 11.5 Å². The first-order chi connectivity index (χ1) is 11.0. The van der Waals surface area contributed by atoms with E-state index in [0.29, 0.717) is 6.10 Å². The lowest BCUT2D eigenvalue weighted by Gasteiger charge is -2.32.